The maximum absolute atomic E-state index is 12.8. The molecule has 6 heteroatoms. The van der Waals surface area contributed by atoms with Crippen LogP contribution in [0.1, 0.15) is 291 Å². The van der Waals surface area contributed by atoms with Crippen molar-refractivity contribution in [1.29, 1.82) is 0 Å². The van der Waals surface area contributed by atoms with Gasteiger partial charge in [0.2, 0.25) is 0 Å². The molecule has 0 saturated carbocycles. The Morgan fingerprint density at radius 3 is 0.966 bits per heavy atom. The summed E-state index contributed by atoms with van der Waals surface area (Å²) in [6.07, 6.45) is 46.6. The van der Waals surface area contributed by atoms with Crippen LogP contribution in [0.4, 0.5) is 0 Å². The predicted octanol–water partition coefficient (Wildman–Crippen LogP) is 16.9. The molecular formula is C53H102O6. The van der Waals surface area contributed by atoms with Crippen molar-refractivity contribution in [2.24, 2.45) is 11.8 Å². The molecule has 0 aromatic carbocycles. The van der Waals surface area contributed by atoms with E-state index in [-0.39, 0.29) is 31.1 Å². The molecule has 0 fully saturated rings. The van der Waals surface area contributed by atoms with E-state index in [0.29, 0.717) is 19.3 Å². The van der Waals surface area contributed by atoms with Gasteiger partial charge in [-0.15, -0.1) is 0 Å². The number of carbonyl (C=O) groups excluding carboxylic acids is 3. The molecule has 0 aromatic rings. The van der Waals surface area contributed by atoms with Crippen molar-refractivity contribution in [2.45, 2.75) is 298 Å². The van der Waals surface area contributed by atoms with Gasteiger partial charge in [-0.05, 0) is 31.1 Å². The van der Waals surface area contributed by atoms with Crippen LogP contribution in [0.2, 0.25) is 0 Å². The summed E-state index contributed by atoms with van der Waals surface area (Å²) in [5, 5.41) is 0. The van der Waals surface area contributed by atoms with Crippen LogP contribution in [0, 0.1) is 11.8 Å². The Morgan fingerprint density at radius 1 is 0.356 bits per heavy atom. The summed E-state index contributed by atoms with van der Waals surface area (Å²) in [6.45, 7) is 11.4. The summed E-state index contributed by atoms with van der Waals surface area (Å²) in [6, 6.07) is 0. The molecule has 0 spiro atoms. The molecule has 0 aliphatic heterocycles. The first-order valence-electron chi connectivity index (χ1n) is 26.3. The van der Waals surface area contributed by atoms with E-state index in [2.05, 4.69) is 34.6 Å². The van der Waals surface area contributed by atoms with Crippen LogP contribution in [0.25, 0.3) is 0 Å². The van der Waals surface area contributed by atoms with E-state index in [1.165, 1.54) is 180 Å². The van der Waals surface area contributed by atoms with Gasteiger partial charge in [-0.3, -0.25) is 14.4 Å². The molecule has 0 bridgehead atoms. The van der Waals surface area contributed by atoms with Crippen LogP contribution < -0.4 is 0 Å². The minimum Gasteiger partial charge on any atom is -0.462 e. The fourth-order valence-electron chi connectivity index (χ4n) is 7.96. The van der Waals surface area contributed by atoms with E-state index in [0.717, 1.165) is 69.6 Å². The zero-order chi connectivity index (χ0) is 43.3. The lowest BCUT2D eigenvalue weighted by Crippen LogP contribution is -2.30. The van der Waals surface area contributed by atoms with Gasteiger partial charge in [0, 0.05) is 19.3 Å². The van der Waals surface area contributed by atoms with E-state index in [1.807, 2.05) is 0 Å². The standard InChI is InChI=1S/C53H102O6/c1-6-8-9-10-11-21-28-33-38-43-51(54)57-46-50(47-58-52(55)44-39-34-29-24-20-16-17-22-26-31-36-41-48(3)4)59-53(56)45-40-35-30-25-19-15-13-12-14-18-23-27-32-37-42-49(5)7-2/h48-50H,6-47H2,1-5H3/t49?,50-/m0/s1. The van der Waals surface area contributed by atoms with Gasteiger partial charge in [0.05, 0.1) is 0 Å². The molecule has 0 amide bonds. The second-order valence-electron chi connectivity index (χ2n) is 18.9. The first kappa shape index (κ1) is 57.4. The molecule has 59 heavy (non-hydrogen) atoms. The predicted molar refractivity (Wildman–Crippen MR) is 252 cm³/mol. The Labute approximate surface area is 368 Å². The molecule has 0 aromatic heterocycles. The lowest BCUT2D eigenvalue weighted by Gasteiger charge is -2.18. The highest BCUT2D eigenvalue weighted by Gasteiger charge is 2.19. The second-order valence-corrected chi connectivity index (χ2v) is 18.9. The fourth-order valence-corrected chi connectivity index (χ4v) is 7.96. The summed E-state index contributed by atoms with van der Waals surface area (Å²) in [5.41, 5.74) is 0. The van der Waals surface area contributed by atoms with E-state index < -0.39 is 6.10 Å². The number of esters is 3. The first-order chi connectivity index (χ1) is 28.8. The van der Waals surface area contributed by atoms with E-state index >= 15 is 0 Å². The highest BCUT2D eigenvalue weighted by Crippen LogP contribution is 2.18. The van der Waals surface area contributed by atoms with E-state index in [1.54, 1.807) is 0 Å². The zero-order valence-corrected chi connectivity index (χ0v) is 40.4. The van der Waals surface area contributed by atoms with Crippen LogP contribution in [-0.4, -0.2) is 37.2 Å². The van der Waals surface area contributed by atoms with Crippen molar-refractivity contribution >= 4 is 17.9 Å². The summed E-state index contributed by atoms with van der Waals surface area (Å²) < 4.78 is 16.8. The van der Waals surface area contributed by atoms with Crippen LogP contribution in [-0.2, 0) is 28.6 Å². The minimum absolute atomic E-state index is 0.0637. The Hall–Kier alpha value is -1.59. The highest BCUT2D eigenvalue weighted by atomic mass is 16.6. The molecule has 0 aliphatic rings. The van der Waals surface area contributed by atoms with Crippen molar-refractivity contribution in [3.63, 3.8) is 0 Å². The zero-order valence-electron chi connectivity index (χ0n) is 40.4. The van der Waals surface area contributed by atoms with Crippen LogP contribution in [0.15, 0.2) is 0 Å². The molecule has 0 heterocycles. The van der Waals surface area contributed by atoms with Gasteiger partial charge in [-0.1, -0.05) is 253 Å². The van der Waals surface area contributed by atoms with Gasteiger partial charge in [-0.2, -0.15) is 0 Å². The molecular weight excluding hydrogens is 733 g/mol. The maximum Gasteiger partial charge on any atom is 0.306 e. The first-order valence-corrected chi connectivity index (χ1v) is 26.3. The lowest BCUT2D eigenvalue weighted by molar-refractivity contribution is -0.167. The number of carbonyl (C=O) groups is 3. The van der Waals surface area contributed by atoms with Gasteiger partial charge in [0.15, 0.2) is 6.10 Å². The van der Waals surface area contributed by atoms with Gasteiger partial charge in [0.25, 0.3) is 0 Å². The molecule has 6 nitrogen and oxygen atoms in total. The molecule has 0 rings (SSSR count). The van der Waals surface area contributed by atoms with Crippen molar-refractivity contribution in [1.82, 2.24) is 0 Å². The maximum atomic E-state index is 12.8. The minimum atomic E-state index is -0.761. The number of ether oxygens (including phenoxy) is 3. The monoisotopic (exact) mass is 835 g/mol. The number of hydrogen-bond acceptors (Lipinski definition) is 6. The Bertz CT molecular complexity index is 902. The summed E-state index contributed by atoms with van der Waals surface area (Å²) >= 11 is 0. The Morgan fingerprint density at radius 2 is 0.644 bits per heavy atom. The molecule has 0 saturated heterocycles. The topological polar surface area (TPSA) is 78.9 Å². The van der Waals surface area contributed by atoms with Gasteiger partial charge in [0.1, 0.15) is 13.2 Å². The average Bonchev–Trinajstić information content (AvgIpc) is 3.22. The quantitative estimate of drug-likeness (QED) is 0.0345. The largest absolute Gasteiger partial charge is 0.462 e. The second kappa shape index (κ2) is 45.9. The summed E-state index contributed by atoms with van der Waals surface area (Å²) in [7, 11) is 0. The molecule has 0 radical (unpaired) electrons. The lowest BCUT2D eigenvalue weighted by atomic mass is 9.99. The van der Waals surface area contributed by atoms with Crippen molar-refractivity contribution < 1.29 is 28.6 Å². The van der Waals surface area contributed by atoms with E-state index in [4.69, 9.17) is 14.2 Å². The third-order valence-electron chi connectivity index (χ3n) is 12.3. The molecule has 0 N–H and O–H groups in total. The Kier molecular flexibility index (Phi) is 44.7. The highest BCUT2D eigenvalue weighted by molar-refractivity contribution is 5.71. The number of hydrogen-bond donors (Lipinski definition) is 0. The molecule has 1 unspecified atom stereocenters. The third-order valence-corrected chi connectivity index (χ3v) is 12.3. The fraction of sp³-hybridized carbons (Fsp3) is 0.943. The van der Waals surface area contributed by atoms with Gasteiger partial charge < -0.3 is 14.2 Å². The molecule has 0 aliphatic carbocycles. The third kappa shape index (κ3) is 45.8. The number of rotatable bonds is 47. The SMILES string of the molecule is CCCCCCCCCCCC(=O)OC[C@@H](COC(=O)CCCCCCCCCCCCCC(C)C)OC(=O)CCCCCCCCCCCCCCCCC(C)CC. The van der Waals surface area contributed by atoms with E-state index in [9.17, 15) is 14.4 Å². The average molecular weight is 835 g/mol. The number of unbranched alkanes of at least 4 members (excludes halogenated alkanes) is 31. The van der Waals surface area contributed by atoms with Crippen molar-refractivity contribution in [2.75, 3.05) is 13.2 Å². The van der Waals surface area contributed by atoms with Crippen LogP contribution in [0.5, 0.6) is 0 Å². The van der Waals surface area contributed by atoms with Crippen molar-refractivity contribution in [3.8, 4) is 0 Å². The van der Waals surface area contributed by atoms with Crippen molar-refractivity contribution in [3.05, 3.63) is 0 Å². The van der Waals surface area contributed by atoms with Gasteiger partial charge in [-0.25, -0.2) is 0 Å². The normalized spacial score (nSPS) is 12.5. The molecule has 2 atom stereocenters. The molecule has 350 valence electrons. The van der Waals surface area contributed by atoms with Crippen LogP contribution in [0.3, 0.4) is 0 Å². The summed E-state index contributed by atoms with van der Waals surface area (Å²) in [4.78, 5) is 37.9. The van der Waals surface area contributed by atoms with Gasteiger partial charge >= 0.3 is 17.9 Å². The summed E-state index contributed by atoms with van der Waals surface area (Å²) in [5.74, 6) is 0.872. The van der Waals surface area contributed by atoms with Crippen LogP contribution >= 0.6 is 0 Å². The Balaban J connectivity index is 4.26. The smallest absolute Gasteiger partial charge is 0.306 e.